The van der Waals surface area contributed by atoms with Crippen LogP contribution < -0.4 is 5.32 Å². The van der Waals surface area contributed by atoms with Crippen LogP contribution >= 0.6 is 0 Å². The number of amides is 1. The van der Waals surface area contributed by atoms with Gasteiger partial charge in [-0.25, -0.2) is 9.59 Å². The molecule has 0 radical (unpaired) electrons. The zero-order chi connectivity index (χ0) is 21.1. The van der Waals surface area contributed by atoms with Gasteiger partial charge in [-0.3, -0.25) is 9.59 Å². The second kappa shape index (κ2) is 8.63. The summed E-state index contributed by atoms with van der Waals surface area (Å²) in [4.78, 5) is 48.9. The van der Waals surface area contributed by atoms with Gasteiger partial charge in [0, 0.05) is 5.69 Å². The number of nitrogens with one attached hydrogen (secondary N) is 1. The zero-order valence-corrected chi connectivity index (χ0v) is 16.5. The molecule has 0 saturated heterocycles. The first-order valence-corrected chi connectivity index (χ1v) is 9.88. The second-order valence-corrected chi connectivity index (χ2v) is 7.45. The van der Waals surface area contributed by atoms with Gasteiger partial charge in [-0.2, -0.15) is 0 Å². The Kier molecular flexibility index (Phi) is 6.20. The minimum Gasteiger partial charge on any atom is -0.481 e. The van der Waals surface area contributed by atoms with Crippen LogP contribution in [0.2, 0.25) is 0 Å². The third-order valence-corrected chi connectivity index (χ3v) is 5.73. The fourth-order valence-corrected chi connectivity index (χ4v) is 4.61. The Hall–Kier alpha value is -2.90. The number of ether oxygens (including phenoxy) is 2. The fraction of sp³-hybridized carbons (Fsp3) is 0.524. The number of aliphatic carboxylic acids is 1. The Bertz CT molecular complexity index is 798. The van der Waals surface area contributed by atoms with Gasteiger partial charge >= 0.3 is 17.9 Å². The summed E-state index contributed by atoms with van der Waals surface area (Å²) in [5.74, 6) is -3.87. The van der Waals surface area contributed by atoms with E-state index in [9.17, 15) is 24.3 Å². The smallest absolute Gasteiger partial charge is 0.338 e. The van der Waals surface area contributed by atoms with Crippen molar-refractivity contribution >= 4 is 29.5 Å². The molecule has 3 rings (SSSR count). The first kappa shape index (κ1) is 20.8. The van der Waals surface area contributed by atoms with Gasteiger partial charge in [-0.15, -0.1) is 0 Å². The largest absolute Gasteiger partial charge is 0.481 e. The SMILES string of the molecule is CCOC(=O)c1cc(NC(=O)[C@@H]2[C@H]3CC[C@@H](C3)[C@H]2C(=O)O)cc(C(=O)OCC)c1. The Morgan fingerprint density at radius 2 is 1.45 bits per heavy atom. The fourth-order valence-electron chi connectivity index (χ4n) is 4.61. The second-order valence-electron chi connectivity index (χ2n) is 7.45. The third-order valence-electron chi connectivity index (χ3n) is 5.73. The number of carboxylic acids is 1. The molecule has 2 saturated carbocycles. The van der Waals surface area contributed by atoms with Crippen molar-refractivity contribution in [2.24, 2.45) is 23.7 Å². The first-order valence-electron chi connectivity index (χ1n) is 9.88. The molecule has 29 heavy (non-hydrogen) atoms. The summed E-state index contributed by atoms with van der Waals surface area (Å²) in [5, 5.41) is 12.3. The standard InChI is InChI=1S/C21H25NO7/c1-3-28-20(26)13-8-14(21(27)29-4-2)10-15(9-13)22-18(23)16-11-5-6-12(7-11)17(16)19(24)25/h8-12,16-17H,3-7H2,1-2H3,(H,22,23)(H,24,25)/t11-,12-,16+,17+/m0/s1. The van der Waals surface area contributed by atoms with E-state index < -0.39 is 35.7 Å². The molecule has 2 bridgehead atoms. The van der Waals surface area contributed by atoms with Gasteiger partial charge in [0.15, 0.2) is 0 Å². The lowest BCUT2D eigenvalue weighted by Crippen LogP contribution is -2.37. The van der Waals surface area contributed by atoms with Crippen molar-refractivity contribution < 1.29 is 33.8 Å². The molecule has 2 aliphatic carbocycles. The maximum atomic E-state index is 12.9. The summed E-state index contributed by atoms with van der Waals surface area (Å²) in [6.45, 7) is 3.65. The van der Waals surface area contributed by atoms with Gasteiger partial charge in [0.1, 0.15) is 0 Å². The van der Waals surface area contributed by atoms with Crippen molar-refractivity contribution in [1.82, 2.24) is 0 Å². The van der Waals surface area contributed by atoms with Crippen LogP contribution in [0.1, 0.15) is 53.8 Å². The molecule has 1 amide bonds. The average Bonchev–Trinajstić information content (AvgIpc) is 3.29. The van der Waals surface area contributed by atoms with Crippen molar-refractivity contribution in [2.45, 2.75) is 33.1 Å². The number of hydrogen-bond acceptors (Lipinski definition) is 6. The Balaban J connectivity index is 1.87. The quantitative estimate of drug-likeness (QED) is 0.672. The third kappa shape index (κ3) is 4.26. The lowest BCUT2D eigenvalue weighted by atomic mass is 9.78. The number of carbonyl (C=O) groups is 4. The lowest BCUT2D eigenvalue weighted by Gasteiger charge is -2.27. The van der Waals surface area contributed by atoms with E-state index in [1.165, 1.54) is 18.2 Å². The molecule has 0 aliphatic heterocycles. The number of esters is 2. The van der Waals surface area contributed by atoms with Crippen molar-refractivity contribution in [3.63, 3.8) is 0 Å². The highest BCUT2D eigenvalue weighted by Crippen LogP contribution is 2.52. The Morgan fingerprint density at radius 1 is 0.931 bits per heavy atom. The van der Waals surface area contributed by atoms with Crippen LogP contribution in [0, 0.1) is 23.7 Å². The molecular weight excluding hydrogens is 378 g/mol. The van der Waals surface area contributed by atoms with E-state index in [1.807, 2.05) is 0 Å². The van der Waals surface area contributed by atoms with Crippen molar-refractivity contribution in [3.8, 4) is 0 Å². The zero-order valence-electron chi connectivity index (χ0n) is 16.5. The molecule has 0 heterocycles. The molecule has 8 heteroatoms. The highest BCUT2D eigenvalue weighted by molar-refractivity contribution is 6.01. The molecular formula is C21H25NO7. The van der Waals surface area contributed by atoms with Crippen molar-refractivity contribution in [1.29, 1.82) is 0 Å². The highest BCUT2D eigenvalue weighted by Gasteiger charge is 2.54. The Morgan fingerprint density at radius 3 is 1.93 bits per heavy atom. The highest BCUT2D eigenvalue weighted by atomic mass is 16.5. The predicted molar refractivity (Wildman–Crippen MR) is 102 cm³/mol. The molecule has 8 nitrogen and oxygen atoms in total. The maximum absolute atomic E-state index is 12.9. The number of rotatable bonds is 7. The van der Waals surface area contributed by atoms with Gasteiger partial charge in [-0.05, 0) is 63.1 Å². The van der Waals surface area contributed by atoms with Gasteiger partial charge in [0.25, 0.3) is 0 Å². The summed E-state index contributed by atoms with van der Waals surface area (Å²) in [6, 6.07) is 4.19. The molecule has 0 spiro atoms. The van der Waals surface area contributed by atoms with E-state index in [4.69, 9.17) is 9.47 Å². The van der Waals surface area contributed by atoms with Gasteiger partial charge < -0.3 is 19.9 Å². The number of benzene rings is 1. The summed E-state index contributed by atoms with van der Waals surface area (Å²) in [7, 11) is 0. The van der Waals surface area contributed by atoms with Crippen molar-refractivity contribution in [2.75, 3.05) is 18.5 Å². The Labute approximate surface area is 168 Å². The molecule has 2 aliphatic rings. The molecule has 1 aromatic carbocycles. The number of carboxylic acid groups (broad SMARTS) is 1. The topological polar surface area (TPSA) is 119 Å². The van der Waals surface area contributed by atoms with Crippen LogP contribution in [0.5, 0.6) is 0 Å². The van der Waals surface area contributed by atoms with Crippen molar-refractivity contribution in [3.05, 3.63) is 29.3 Å². The average molecular weight is 403 g/mol. The lowest BCUT2D eigenvalue weighted by molar-refractivity contribution is -0.148. The molecule has 0 unspecified atom stereocenters. The molecule has 4 atom stereocenters. The molecule has 156 valence electrons. The normalized spacial score (nSPS) is 24.8. The van der Waals surface area contributed by atoms with Gasteiger partial charge in [0.05, 0.1) is 36.2 Å². The van der Waals surface area contributed by atoms with Crippen LogP contribution in [-0.4, -0.2) is 42.1 Å². The molecule has 2 N–H and O–H groups in total. The van der Waals surface area contributed by atoms with E-state index >= 15 is 0 Å². The number of anilines is 1. The minimum atomic E-state index is -0.954. The van der Waals surface area contributed by atoms with Crippen LogP contribution in [0.3, 0.4) is 0 Å². The summed E-state index contributed by atoms with van der Waals surface area (Å²) < 4.78 is 9.98. The predicted octanol–water partition coefficient (Wildman–Crippen LogP) is 2.73. The minimum absolute atomic E-state index is 0.0224. The monoisotopic (exact) mass is 403 g/mol. The van der Waals surface area contributed by atoms with Gasteiger partial charge in [0.2, 0.25) is 5.91 Å². The maximum Gasteiger partial charge on any atom is 0.338 e. The van der Waals surface area contributed by atoms with E-state index in [0.29, 0.717) is 0 Å². The van der Waals surface area contributed by atoms with Crippen LogP contribution in [-0.2, 0) is 19.1 Å². The number of carbonyl (C=O) groups excluding carboxylic acids is 3. The van der Waals surface area contributed by atoms with Gasteiger partial charge in [-0.1, -0.05) is 0 Å². The van der Waals surface area contributed by atoms with Crippen LogP contribution in [0.25, 0.3) is 0 Å². The molecule has 2 fully saturated rings. The van der Waals surface area contributed by atoms with E-state index in [1.54, 1.807) is 13.8 Å². The van der Waals surface area contributed by atoms with Crippen LogP contribution in [0.4, 0.5) is 5.69 Å². The van der Waals surface area contributed by atoms with E-state index in [0.717, 1.165) is 19.3 Å². The number of hydrogen-bond donors (Lipinski definition) is 2. The molecule has 1 aromatic rings. The first-order chi connectivity index (χ1) is 13.8. The van der Waals surface area contributed by atoms with Crippen LogP contribution in [0.15, 0.2) is 18.2 Å². The summed E-state index contributed by atoms with van der Waals surface area (Å²) in [5.41, 5.74) is 0.446. The number of fused-ring (bicyclic) bond motifs is 2. The summed E-state index contributed by atoms with van der Waals surface area (Å²) >= 11 is 0. The van der Waals surface area contributed by atoms with E-state index in [2.05, 4.69) is 5.32 Å². The summed E-state index contributed by atoms with van der Waals surface area (Å²) in [6.07, 6.45) is 2.41. The molecule has 0 aromatic heterocycles. The van der Waals surface area contributed by atoms with E-state index in [-0.39, 0.29) is 41.9 Å².